The lowest BCUT2D eigenvalue weighted by molar-refractivity contribution is -0.140. The van der Waals surface area contributed by atoms with Crippen LogP contribution in [0.2, 0.25) is 0 Å². The number of carbonyl (C=O) groups excluding carboxylic acids is 2. The van der Waals surface area contributed by atoms with Gasteiger partial charge in [-0.15, -0.1) is 11.3 Å². The first-order chi connectivity index (χ1) is 14.0. The molecule has 1 saturated heterocycles. The number of hydrogen-bond acceptors (Lipinski definition) is 6. The highest BCUT2D eigenvalue weighted by molar-refractivity contribution is 7.10. The third-order valence-corrected chi connectivity index (χ3v) is 5.63. The molecular weight excluding hydrogens is 390 g/mol. The Bertz CT molecular complexity index is 904. The lowest BCUT2D eigenvalue weighted by atomic mass is 9.99. The van der Waals surface area contributed by atoms with Gasteiger partial charge in [0.15, 0.2) is 0 Å². The van der Waals surface area contributed by atoms with Gasteiger partial charge >= 0.3 is 0 Å². The Morgan fingerprint density at radius 2 is 1.97 bits per heavy atom. The van der Waals surface area contributed by atoms with Crippen LogP contribution in [0.3, 0.4) is 0 Å². The van der Waals surface area contributed by atoms with E-state index in [1.807, 2.05) is 31.4 Å². The van der Waals surface area contributed by atoms with E-state index in [0.29, 0.717) is 30.9 Å². The Kier molecular flexibility index (Phi) is 6.71. The van der Waals surface area contributed by atoms with Crippen LogP contribution in [0.25, 0.3) is 5.76 Å². The minimum absolute atomic E-state index is 0.0896. The third-order valence-electron chi connectivity index (χ3n) is 4.71. The number of ketones is 1. The predicted octanol–water partition coefficient (Wildman–Crippen LogP) is 3.99. The van der Waals surface area contributed by atoms with Gasteiger partial charge in [-0.05, 0) is 43.8 Å². The summed E-state index contributed by atoms with van der Waals surface area (Å²) in [6.45, 7) is 4.75. The highest BCUT2D eigenvalue weighted by Gasteiger charge is 2.46. The average molecular weight is 416 g/mol. The minimum atomic E-state index is -0.684. The molecule has 0 spiro atoms. The minimum Gasteiger partial charge on any atom is -0.507 e. The number of ether oxygens (including phenoxy) is 2. The topological polar surface area (TPSA) is 76.1 Å². The molecule has 29 heavy (non-hydrogen) atoms. The van der Waals surface area contributed by atoms with E-state index in [-0.39, 0.29) is 17.4 Å². The quantitative estimate of drug-likeness (QED) is 0.305. The fourth-order valence-electron chi connectivity index (χ4n) is 3.39. The monoisotopic (exact) mass is 415 g/mol. The Hall–Kier alpha value is -2.64. The standard InChI is InChI=1S/C22H25NO5S/c1-14(2)28-12-7-11-23-19(17-10-6-13-29-17)18(21(25)22(23)26)20(24)15-8-4-5-9-16(15)27-3/h4-6,8-10,13-14,19,24H,7,11-12H2,1-3H3/b20-18-. The van der Waals surface area contributed by atoms with Crippen molar-refractivity contribution in [2.24, 2.45) is 0 Å². The first kappa shape index (κ1) is 21.1. The molecule has 1 aliphatic heterocycles. The molecule has 3 rings (SSSR count). The van der Waals surface area contributed by atoms with Crippen molar-refractivity contribution in [2.75, 3.05) is 20.3 Å². The van der Waals surface area contributed by atoms with Crippen LogP contribution in [-0.4, -0.2) is 48.1 Å². The largest absolute Gasteiger partial charge is 0.507 e. The highest BCUT2D eigenvalue weighted by atomic mass is 32.1. The zero-order valence-electron chi connectivity index (χ0n) is 16.8. The van der Waals surface area contributed by atoms with E-state index < -0.39 is 17.7 Å². The number of rotatable bonds is 8. The summed E-state index contributed by atoms with van der Waals surface area (Å²) in [4.78, 5) is 28.1. The number of para-hydroxylation sites is 1. The van der Waals surface area contributed by atoms with Crippen molar-refractivity contribution in [1.82, 2.24) is 4.90 Å². The van der Waals surface area contributed by atoms with Crippen LogP contribution in [0.4, 0.5) is 0 Å². The van der Waals surface area contributed by atoms with E-state index in [0.717, 1.165) is 4.88 Å². The van der Waals surface area contributed by atoms with E-state index in [1.165, 1.54) is 23.3 Å². The van der Waals surface area contributed by atoms with Crippen LogP contribution < -0.4 is 4.74 Å². The summed E-state index contributed by atoms with van der Waals surface area (Å²) in [6.07, 6.45) is 0.700. The van der Waals surface area contributed by atoms with Gasteiger partial charge in [-0.3, -0.25) is 9.59 Å². The molecule has 0 radical (unpaired) electrons. The fourth-order valence-corrected chi connectivity index (χ4v) is 4.24. The van der Waals surface area contributed by atoms with E-state index in [9.17, 15) is 14.7 Å². The van der Waals surface area contributed by atoms with Gasteiger partial charge in [-0.1, -0.05) is 18.2 Å². The van der Waals surface area contributed by atoms with E-state index in [1.54, 1.807) is 24.3 Å². The summed E-state index contributed by atoms with van der Waals surface area (Å²) in [7, 11) is 1.50. The molecule has 1 fully saturated rings. The number of nitrogens with zero attached hydrogens (tertiary/aromatic N) is 1. The highest BCUT2D eigenvalue weighted by Crippen LogP contribution is 2.42. The summed E-state index contributed by atoms with van der Waals surface area (Å²) in [6, 6.07) is 10.0. The number of Topliss-reactive ketones (excluding diaryl/α,β-unsaturated/α-hetero) is 1. The summed E-state index contributed by atoms with van der Waals surface area (Å²) in [5, 5.41) is 12.9. The molecule has 6 nitrogen and oxygen atoms in total. The number of thiophene rings is 1. The second-order valence-corrected chi connectivity index (χ2v) is 7.96. The Labute approximate surface area is 174 Å². The number of hydrogen-bond donors (Lipinski definition) is 1. The van der Waals surface area contributed by atoms with Crippen LogP contribution in [0.5, 0.6) is 5.75 Å². The van der Waals surface area contributed by atoms with Gasteiger partial charge in [0, 0.05) is 18.0 Å². The van der Waals surface area contributed by atoms with Gasteiger partial charge in [0.2, 0.25) is 0 Å². The van der Waals surface area contributed by atoms with Crippen LogP contribution >= 0.6 is 11.3 Å². The molecule has 1 atom stereocenters. The number of likely N-dealkylation sites (tertiary alicyclic amines) is 1. The molecule has 2 aromatic rings. The van der Waals surface area contributed by atoms with Crippen LogP contribution in [0.15, 0.2) is 47.4 Å². The molecule has 1 N–H and O–H groups in total. The molecule has 0 aliphatic carbocycles. The maximum atomic E-state index is 12.9. The van der Waals surface area contributed by atoms with Crippen LogP contribution in [0, 0.1) is 0 Å². The molecule has 1 unspecified atom stereocenters. The lowest BCUT2D eigenvalue weighted by Gasteiger charge is -2.24. The zero-order valence-corrected chi connectivity index (χ0v) is 17.6. The molecule has 7 heteroatoms. The molecule has 2 heterocycles. The van der Waals surface area contributed by atoms with Crippen molar-refractivity contribution in [3.63, 3.8) is 0 Å². The summed E-state index contributed by atoms with van der Waals surface area (Å²) < 4.78 is 10.9. The van der Waals surface area contributed by atoms with Gasteiger partial charge in [0.1, 0.15) is 11.5 Å². The molecular formula is C22H25NO5S. The van der Waals surface area contributed by atoms with E-state index >= 15 is 0 Å². The Morgan fingerprint density at radius 1 is 1.21 bits per heavy atom. The first-order valence-electron chi connectivity index (χ1n) is 9.52. The maximum Gasteiger partial charge on any atom is 0.295 e. The second-order valence-electron chi connectivity index (χ2n) is 6.98. The summed E-state index contributed by atoms with van der Waals surface area (Å²) in [5.74, 6) is -1.08. The Morgan fingerprint density at radius 3 is 2.62 bits per heavy atom. The number of amides is 1. The van der Waals surface area contributed by atoms with Crippen LogP contribution in [0.1, 0.15) is 36.8 Å². The number of aliphatic hydroxyl groups is 1. The fraction of sp³-hybridized carbons (Fsp3) is 0.364. The van der Waals surface area contributed by atoms with Gasteiger partial charge in [0.05, 0.1) is 30.4 Å². The lowest BCUT2D eigenvalue weighted by Crippen LogP contribution is -2.31. The molecule has 1 amide bonds. The summed E-state index contributed by atoms with van der Waals surface area (Å²) in [5.41, 5.74) is 0.476. The maximum absolute atomic E-state index is 12.9. The van der Waals surface area contributed by atoms with Crippen molar-refractivity contribution < 1.29 is 24.2 Å². The van der Waals surface area contributed by atoms with Crippen molar-refractivity contribution in [2.45, 2.75) is 32.4 Å². The summed E-state index contributed by atoms with van der Waals surface area (Å²) >= 11 is 1.44. The predicted molar refractivity (Wildman–Crippen MR) is 112 cm³/mol. The number of aliphatic hydroxyl groups excluding tert-OH is 1. The Balaban J connectivity index is 2.01. The smallest absolute Gasteiger partial charge is 0.295 e. The molecule has 1 aromatic carbocycles. The SMILES string of the molecule is COc1ccccc1/C(O)=C1/C(=O)C(=O)N(CCCOC(C)C)C1c1cccs1. The third kappa shape index (κ3) is 4.36. The molecule has 0 bridgehead atoms. The van der Waals surface area contributed by atoms with Crippen molar-refractivity contribution in [3.8, 4) is 5.75 Å². The molecule has 154 valence electrons. The first-order valence-corrected chi connectivity index (χ1v) is 10.4. The van der Waals surface area contributed by atoms with E-state index in [4.69, 9.17) is 9.47 Å². The number of carbonyl (C=O) groups is 2. The van der Waals surface area contributed by atoms with Gasteiger partial charge in [-0.25, -0.2) is 0 Å². The molecule has 1 aromatic heterocycles. The normalized spacial score (nSPS) is 18.6. The molecule has 1 aliphatic rings. The average Bonchev–Trinajstić information content (AvgIpc) is 3.32. The van der Waals surface area contributed by atoms with Crippen molar-refractivity contribution >= 4 is 28.8 Å². The van der Waals surface area contributed by atoms with Crippen molar-refractivity contribution in [1.29, 1.82) is 0 Å². The van der Waals surface area contributed by atoms with Gasteiger partial charge in [-0.2, -0.15) is 0 Å². The molecule has 0 saturated carbocycles. The zero-order chi connectivity index (χ0) is 21.0. The van der Waals surface area contributed by atoms with Crippen molar-refractivity contribution in [3.05, 3.63) is 57.8 Å². The number of benzene rings is 1. The van der Waals surface area contributed by atoms with Crippen LogP contribution in [-0.2, 0) is 14.3 Å². The van der Waals surface area contributed by atoms with E-state index in [2.05, 4.69) is 0 Å². The second kappa shape index (κ2) is 9.24. The number of methoxy groups -OCH3 is 1. The van der Waals surface area contributed by atoms with Gasteiger partial charge in [0.25, 0.3) is 11.7 Å². The van der Waals surface area contributed by atoms with Gasteiger partial charge < -0.3 is 19.5 Å².